The van der Waals surface area contributed by atoms with Gasteiger partial charge in [-0.2, -0.15) is 0 Å². The largest absolute Gasteiger partial charge is 0.228 e. The summed E-state index contributed by atoms with van der Waals surface area (Å²) >= 11 is 1.89. The number of benzene rings is 8. The van der Waals surface area contributed by atoms with Gasteiger partial charge in [0.2, 0.25) is 0 Å². The van der Waals surface area contributed by atoms with Crippen LogP contribution < -0.4 is 0 Å². The van der Waals surface area contributed by atoms with Crippen molar-refractivity contribution in [3.8, 4) is 67.3 Å². The SMILES string of the molecule is Cc1c(-c2cccc(-c3cc(-c4ccccc4)nc(-c4ccccc4)n3)c2)cccc1-c1ccc2c(c1)C1(c3ccccc3S2)c2ccccc2-c2ccccc21. The molecule has 0 radical (unpaired) electrons. The van der Waals surface area contributed by atoms with E-state index in [1.807, 2.05) is 36.0 Å². The molecule has 1 spiro atoms. The van der Waals surface area contributed by atoms with E-state index in [-0.39, 0.29) is 0 Å². The Morgan fingerprint density at radius 3 is 1.54 bits per heavy atom. The Balaban J connectivity index is 1.04. The Morgan fingerprint density at radius 2 is 0.842 bits per heavy atom. The van der Waals surface area contributed by atoms with Crippen molar-refractivity contribution in [1.29, 1.82) is 0 Å². The lowest BCUT2D eigenvalue weighted by Gasteiger charge is -2.40. The fraction of sp³-hybridized carbons (Fsp3) is 0.0370. The second-order valence-electron chi connectivity index (χ2n) is 14.9. The maximum absolute atomic E-state index is 5.13. The second-order valence-corrected chi connectivity index (χ2v) is 16.0. The summed E-state index contributed by atoms with van der Waals surface area (Å²) in [6, 6.07) is 72.5. The van der Waals surface area contributed by atoms with E-state index >= 15 is 0 Å². The third-order valence-electron chi connectivity index (χ3n) is 11.8. The van der Waals surface area contributed by atoms with Crippen LogP contribution in [-0.2, 0) is 5.41 Å². The van der Waals surface area contributed by atoms with Gasteiger partial charge in [-0.1, -0.05) is 182 Å². The normalized spacial score (nSPS) is 13.1. The Labute approximate surface area is 337 Å². The lowest BCUT2D eigenvalue weighted by atomic mass is 9.67. The Kier molecular flexibility index (Phi) is 7.90. The zero-order valence-corrected chi connectivity index (χ0v) is 32.2. The Bertz CT molecular complexity index is 2900. The lowest BCUT2D eigenvalue weighted by Crippen LogP contribution is -2.32. The summed E-state index contributed by atoms with van der Waals surface area (Å²) in [6.45, 7) is 2.27. The summed E-state index contributed by atoms with van der Waals surface area (Å²) in [5.41, 5.74) is 18.6. The zero-order valence-electron chi connectivity index (χ0n) is 31.4. The van der Waals surface area contributed by atoms with Crippen molar-refractivity contribution in [2.45, 2.75) is 22.1 Å². The first-order valence-electron chi connectivity index (χ1n) is 19.5. The van der Waals surface area contributed by atoms with Crippen molar-refractivity contribution < 1.29 is 0 Å². The Morgan fingerprint density at radius 1 is 0.351 bits per heavy atom. The number of hydrogen-bond donors (Lipinski definition) is 0. The molecule has 3 heteroatoms. The maximum atomic E-state index is 5.13. The lowest BCUT2D eigenvalue weighted by molar-refractivity contribution is 0.723. The molecule has 11 rings (SSSR count). The van der Waals surface area contributed by atoms with E-state index in [4.69, 9.17) is 9.97 Å². The second kappa shape index (κ2) is 13.4. The number of nitrogens with zero attached hydrogens (tertiary/aromatic N) is 2. The van der Waals surface area contributed by atoms with E-state index in [0.717, 1.165) is 33.6 Å². The fourth-order valence-corrected chi connectivity index (χ4v) is 10.4. The molecule has 0 atom stereocenters. The minimum atomic E-state index is -0.408. The average molecular weight is 745 g/mol. The monoisotopic (exact) mass is 744 g/mol. The van der Waals surface area contributed by atoms with Gasteiger partial charge in [-0.15, -0.1) is 0 Å². The average Bonchev–Trinajstić information content (AvgIpc) is 3.57. The van der Waals surface area contributed by atoms with E-state index in [2.05, 4.69) is 183 Å². The van der Waals surface area contributed by atoms with E-state index in [0.29, 0.717) is 5.82 Å². The summed E-state index contributed by atoms with van der Waals surface area (Å²) in [4.78, 5) is 12.8. The highest BCUT2D eigenvalue weighted by Gasteiger charge is 2.50. The molecule has 8 aromatic carbocycles. The zero-order chi connectivity index (χ0) is 37.9. The van der Waals surface area contributed by atoms with Crippen LogP contribution in [0.3, 0.4) is 0 Å². The molecule has 0 saturated carbocycles. The molecule has 0 saturated heterocycles. The predicted molar refractivity (Wildman–Crippen MR) is 235 cm³/mol. The summed E-state index contributed by atoms with van der Waals surface area (Å²) in [7, 11) is 0. The van der Waals surface area contributed by atoms with Crippen molar-refractivity contribution in [2.24, 2.45) is 0 Å². The molecular formula is C54H36N2S. The van der Waals surface area contributed by atoms with Crippen LogP contribution in [-0.4, -0.2) is 9.97 Å². The van der Waals surface area contributed by atoms with Gasteiger partial charge in [0.15, 0.2) is 5.82 Å². The van der Waals surface area contributed by atoms with Crippen LogP contribution >= 0.6 is 11.8 Å². The van der Waals surface area contributed by atoms with Crippen LogP contribution in [0.1, 0.15) is 27.8 Å². The summed E-state index contributed by atoms with van der Waals surface area (Å²) in [6.07, 6.45) is 0. The van der Waals surface area contributed by atoms with Gasteiger partial charge in [0.05, 0.1) is 16.8 Å². The van der Waals surface area contributed by atoms with Crippen LogP contribution in [0.2, 0.25) is 0 Å². The molecule has 0 N–H and O–H groups in total. The molecule has 2 nitrogen and oxygen atoms in total. The van der Waals surface area contributed by atoms with Crippen molar-refractivity contribution >= 4 is 11.8 Å². The molecule has 9 aromatic rings. The van der Waals surface area contributed by atoms with Crippen LogP contribution in [0.5, 0.6) is 0 Å². The summed E-state index contributed by atoms with van der Waals surface area (Å²) < 4.78 is 0. The molecule has 2 heterocycles. The van der Waals surface area contributed by atoms with E-state index < -0.39 is 5.41 Å². The molecule has 1 aliphatic carbocycles. The van der Waals surface area contributed by atoms with Crippen LogP contribution in [0.4, 0.5) is 0 Å². The number of rotatable bonds is 5. The molecule has 0 fully saturated rings. The van der Waals surface area contributed by atoms with Crippen molar-refractivity contribution in [1.82, 2.24) is 9.97 Å². The molecule has 0 unspecified atom stereocenters. The van der Waals surface area contributed by atoms with Crippen molar-refractivity contribution in [2.75, 3.05) is 0 Å². The highest BCUT2D eigenvalue weighted by molar-refractivity contribution is 7.99. The quantitative estimate of drug-likeness (QED) is 0.175. The van der Waals surface area contributed by atoms with Crippen molar-refractivity contribution in [3.05, 3.63) is 228 Å². The van der Waals surface area contributed by atoms with E-state index in [1.165, 1.54) is 65.4 Å². The number of aromatic nitrogens is 2. The molecule has 2 aliphatic rings. The van der Waals surface area contributed by atoms with Gasteiger partial charge in [0.1, 0.15) is 0 Å². The van der Waals surface area contributed by atoms with Crippen molar-refractivity contribution in [3.63, 3.8) is 0 Å². The first-order valence-corrected chi connectivity index (χ1v) is 20.3. The van der Waals surface area contributed by atoms with Gasteiger partial charge in [0, 0.05) is 26.5 Å². The van der Waals surface area contributed by atoms with Gasteiger partial charge in [-0.05, 0) is 98.5 Å². The highest BCUT2D eigenvalue weighted by atomic mass is 32.2. The molecule has 268 valence electrons. The highest BCUT2D eigenvalue weighted by Crippen LogP contribution is 2.62. The van der Waals surface area contributed by atoms with Gasteiger partial charge in [0.25, 0.3) is 0 Å². The molecule has 57 heavy (non-hydrogen) atoms. The smallest absolute Gasteiger partial charge is 0.160 e. The summed E-state index contributed by atoms with van der Waals surface area (Å²) in [5.74, 6) is 0.717. The van der Waals surface area contributed by atoms with Gasteiger partial charge >= 0.3 is 0 Å². The molecule has 1 aromatic heterocycles. The predicted octanol–water partition coefficient (Wildman–Crippen LogP) is 13.9. The number of hydrogen-bond acceptors (Lipinski definition) is 3. The van der Waals surface area contributed by atoms with Gasteiger partial charge in [-0.25, -0.2) is 9.97 Å². The van der Waals surface area contributed by atoms with E-state index in [1.54, 1.807) is 0 Å². The third kappa shape index (κ3) is 5.34. The number of fused-ring (bicyclic) bond motifs is 9. The minimum absolute atomic E-state index is 0.408. The fourth-order valence-electron chi connectivity index (χ4n) is 9.20. The molecule has 1 aliphatic heterocycles. The molecule has 0 amide bonds. The van der Waals surface area contributed by atoms with Crippen LogP contribution in [0.25, 0.3) is 67.3 Å². The molecular weight excluding hydrogens is 709 g/mol. The maximum Gasteiger partial charge on any atom is 0.160 e. The van der Waals surface area contributed by atoms with Crippen LogP contribution in [0, 0.1) is 6.92 Å². The topological polar surface area (TPSA) is 25.8 Å². The van der Waals surface area contributed by atoms with E-state index in [9.17, 15) is 0 Å². The first-order chi connectivity index (χ1) is 28.2. The van der Waals surface area contributed by atoms with Gasteiger partial charge in [-0.3, -0.25) is 0 Å². The van der Waals surface area contributed by atoms with Gasteiger partial charge < -0.3 is 0 Å². The minimum Gasteiger partial charge on any atom is -0.228 e. The summed E-state index contributed by atoms with van der Waals surface area (Å²) in [5, 5.41) is 0. The van der Waals surface area contributed by atoms with Crippen LogP contribution in [0.15, 0.2) is 210 Å². The third-order valence-corrected chi connectivity index (χ3v) is 12.9. The first kappa shape index (κ1) is 33.5. The molecule has 0 bridgehead atoms. The standard InChI is InChI=1S/C54H36N2S/c1-35-41(38-20-14-21-40(32-38)50-34-49(36-16-4-2-5-17-36)55-53(56-50)37-18-6-3-7-19-37)24-15-25-42(35)39-30-31-52-48(33-39)54(47-28-12-13-29-51(47)57-52)45-26-10-8-22-43(45)44-23-9-11-27-46(44)54/h2-34H,1H3. The Hall–Kier alpha value is -6.81.